The van der Waals surface area contributed by atoms with E-state index in [1.165, 1.54) is 7.11 Å². The number of furan rings is 1. The van der Waals surface area contributed by atoms with Gasteiger partial charge in [-0.15, -0.1) is 0 Å². The summed E-state index contributed by atoms with van der Waals surface area (Å²) in [5.74, 6) is 0.722. The maximum absolute atomic E-state index is 12.9. The molecule has 1 aromatic heterocycles. The third-order valence-corrected chi connectivity index (χ3v) is 5.68. The van der Waals surface area contributed by atoms with Gasteiger partial charge in [0.25, 0.3) is 0 Å². The summed E-state index contributed by atoms with van der Waals surface area (Å²) in [4.78, 5) is 25.6. The Balaban J connectivity index is 1.73. The van der Waals surface area contributed by atoms with Crippen LogP contribution in [0.2, 0.25) is 0 Å². The van der Waals surface area contributed by atoms with Gasteiger partial charge in [-0.1, -0.05) is 61.4 Å². The Morgan fingerprint density at radius 3 is 2.23 bits per heavy atom. The number of carbonyl (C=O) groups is 2. The maximum atomic E-state index is 12.9. The topological polar surface area (TPSA) is 77.8 Å². The van der Waals surface area contributed by atoms with E-state index < -0.39 is 24.0 Å². The summed E-state index contributed by atoms with van der Waals surface area (Å²) in [7, 11) is 1.34. The number of ether oxygens (including phenoxy) is 2. The zero-order valence-corrected chi connectivity index (χ0v) is 21.2. The van der Waals surface area contributed by atoms with Crippen molar-refractivity contribution in [3.05, 3.63) is 83.1 Å². The number of aryl methyl sites for hydroxylation is 2. The number of hydrogen-bond acceptors (Lipinski definition) is 6. The number of hydrogen-bond donors (Lipinski definition) is 1. The molecule has 0 aliphatic carbocycles. The van der Waals surface area contributed by atoms with Gasteiger partial charge in [-0.25, -0.2) is 0 Å². The van der Waals surface area contributed by atoms with Crippen LogP contribution in [0.1, 0.15) is 42.7 Å². The van der Waals surface area contributed by atoms with Crippen molar-refractivity contribution in [3.63, 3.8) is 0 Å². The minimum absolute atomic E-state index is 0.177. The third kappa shape index (κ3) is 7.82. The average Bonchev–Trinajstić information content (AvgIpc) is 3.29. The number of methoxy groups -OCH3 is 1. The molecule has 0 radical (unpaired) electrons. The van der Waals surface area contributed by atoms with Gasteiger partial charge in [-0.3, -0.25) is 14.9 Å². The first-order valence-corrected chi connectivity index (χ1v) is 12.0. The molecular formula is C29H35NO5. The normalized spacial score (nSPS) is 12.9. The molecule has 3 rings (SSSR count). The largest absolute Gasteiger partial charge is 0.468 e. The highest BCUT2D eigenvalue weighted by Gasteiger charge is 2.30. The van der Waals surface area contributed by atoms with Crippen LogP contribution in [0.15, 0.2) is 65.1 Å². The lowest BCUT2D eigenvalue weighted by Gasteiger charge is -2.24. The van der Waals surface area contributed by atoms with E-state index in [2.05, 4.69) is 23.5 Å². The summed E-state index contributed by atoms with van der Waals surface area (Å²) in [5, 5.41) is 3.18. The van der Waals surface area contributed by atoms with Crippen molar-refractivity contribution in [3.8, 4) is 11.3 Å². The zero-order valence-electron chi connectivity index (χ0n) is 21.2. The van der Waals surface area contributed by atoms with Crippen LogP contribution >= 0.6 is 0 Å². The smallest absolute Gasteiger partial charge is 0.323 e. The molecule has 0 aliphatic rings. The SMILES string of the molecule is COC(=O)[C@H](Cc1ccc(-c2cc(C)cc(C)c2)o1)NC(CC(C)C)C(=O)OCc1ccccc1. The molecule has 2 aromatic carbocycles. The van der Waals surface area contributed by atoms with Crippen LogP contribution in [0.5, 0.6) is 0 Å². The van der Waals surface area contributed by atoms with E-state index in [9.17, 15) is 9.59 Å². The second-order valence-corrected chi connectivity index (χ2v) is 9.36. The first-order chi connectivity index (χ1) is 16.7. The van der Waals surface area contributed by atoms with Crippen LogP contribution in [0.3, 0.4) is 0 Å². The van der Waals surface area contributed by atoms with E-state index in [0.29, 0.717) is 12.2 Å². The molecule has 0 aliphatic heterocycles. The van der Waals surface area contributed by atoms with Crippen LogP contribution in [-0.2, 0) is 32.1 Å². The Hall–Kier alpha value is -3.38. The minimum atomic E-state index is -0.758. The zero-order chi connectivity index (χ0) is 25.4. The average molecular weight is 478 g/mol. The summed E-state index contributed by atoms with van der Waals surface area (Å²) in [6.07, 6.45) is 0.769. The molecule has 0 amide bonds. The van der Waals surface area contributed by atoms with E-state index in [-0.39, 0.29) is 18.9 Å². The molecule has 6 nitrogen and oxygen atoms in total. The molecule has 0 saturated heterocycles. The molecule has 1 heterocycles. The van der Waals surface area contributed by atoms with Crippen LogP contribution in [0.4, 0.5) is 0 Å². The third-order valence-electron chi connectivity index (χ3n) is 5.68. The van der Waals surface area contributed by atoms with Crippen LogP contribution in [-0.4, -0.2) is 31.1 Å². The summed E-state index contributed by atoms with van der Waals surface area (Å²) >= 11 is 0. The van der Waals surface area contributed by atoms with E-state index >= 15 is 0 Å². The molecule has 1 unspecified atom stereocenters. The van der Waals surface area contributed by atoms with Gasteiger partial charge < -0.3 is 13.9 Å². The van der Waals surface area contributed by atoms with Gasteiger partial charge in [0.05, 0.1) is 7.11 Å². The van der Waals surface area contributed by atoms with Crippen molar-refractivity contribution in [2.75, 3.05) is 7.11 Å². The molecule has 3 aromatic rings. The Morgan fingerprint density at radius 2 is 1.60 bits per heavy atom. The van der Waals surface area contributed by atoms with Crippen molar-refractivity contribution in [2.45, 2.75) is 59.2 Å². The van der Waals surface area contributed by atoms with E-state index in [1.807, 2.05) is 70.2 Å². The fourth-order valence-electron chi connectivity index (χ4n) is 4.09. The second-order valence-electron chi connectivity index (χ2n) is 9.36. The molecule has 0 saturated carbocycles. The summed E-state index contributed by atoms with van der Waals surface area (Å²) in [6.45, 7) is 8.31. The van der Waals surface area contributed by atoms with E-state index in [4.69, 9.17) is 13.9 Å². The summed E-state index contributed by atoms with van der Waals surface area (Å²) in [6, 6.07) is 18.1. The molecule has 186 valence electrons. The van der Waals surface area contributed by atoms with Crippen molar-refractivity contribution in [1.29, 1.82) is 0 Å². The molecule has 1 N–H and O–H groups in total. The standard InChI is InChI=1S/C29H35NO5/c1-19(2)13-25(29(32)34-18-22-9-7-6-8-10-22)30-26(28(31)33-5)17-24-11-12-27(35-24)23-15-20(3)14-21(4)16-23/h6-12,14-16,19,25-26,30H,13,17-18H2,1-5H3/t25?,26-/m0/s1. The molecule has 2 atom stereocenters. The highest BCUT2D eigenvalue weighted by molar-refractivity contribution is 5.80. The number of benzene rings is 2. The lowest BCUT2D eigenvalue weighted by Crippen LogP contribution is -2.49. The molecule has 35 heavy (non-hydrogen) atoms. The van der Waals surface area contributed by atoms with E-state index in [1.54, 1.807) is 0 Å². The quantitative estimate of drug-likeness (QED) is 0.373. The van der Waals surface area contributed by atoms with E-state index in [0.717, 1.165) is 28.0 Å². The Kier molecular flexibility index (Phi) is 9.26. The second kappa shape index (κ2) is 12.4. The predicted molar refractivity (Wildman–Crippen MR) is 136 cm³/mol. The van der Waals surface area contributed by atoms with Gasteiger partial charge in [-0.2, -0.15) is 0 Å². The highest BCUT2D eigenvalue weighted by Crippen LogP contribution is 2.25. The van der Waals surface area contributed by atoms with Gasteiger partial charge in [0.1, 0.15) is 30.2 Å². The van der Waals surface area contributed by atoms with Crippen LogP contribution in [0, 0.1) is 19.8 Å². The fraction of sp³-hybridized carbons (Fsp3) is 0.379. The molecule has 0 fully saturated rings. The first-order valence-electron chi connectivity index (χ1n) is 12.0. The maximum Gasteiger partial charge on any atom is 0.323 e. The summed E-state index contributed by atoms with van der Waals surface area (Å²) in [5.41, 5.74) is 4.19. The van der Waals surface area contributed by atoms with Crippen molar-refractivity contribution < 1.29 is 23.5 Å². The van der Waals surface area contributed by atoms with Crippen LogP contribution < -0.4 is 5.32 Å². The lowest BCUT2D eigenvalue weighted by atomic mass is 10.0. The number of carbonyl (C=O) groups excluding carboxylic acids is 2. The lowest BCUT2D eigenvalue weighted by molar-refractivity contribution is -0.149. The van der Waals surface area contributed by atoms with Gasteiger partial charge in [0, 0.05) is 12.0 Å². The Labute approximate surface area is 207 Å². The molecule has 6 heteroatoms. The fourth-order valence-corrected chi connectivity index (χ4v) is 4.09. The summed E-state index contributed by atoms with van der Waals surface area (Å²) < 4.78 is 16.7. The van der Waals surface area contributed by atoms with Crippen molar-refractivity contribution in [2.24, 2.45) is 5.92 Å². The number of rotatable bonds is 11. The number of esters is 2. The predicted octanol–water partition coefficient (Wildman–Crippen LogP) is 5.40. The Morgan fingerprint density at radius 1 is 0.914 bits per heavy atom. The molecular weight excluding hydrogens is 442 g/mol. The monoisotopic (exact) mass is 477 g/mol. The molecule has 0 spiro atoms. The van der Waals surface area contributed by atoms with Gasteiger partial charge in [0.2, 0.25) is 0 Å². The highest BCUT2D eigenvalue weighted by atomic mass is 16.5. The first kappa shape index (κ1) is 26.2. The van der Waals surface area contributed by atoms with Crippen molar-refractivity contribution >= 4 is 11.9 Å². The van der Waals surface area contributed by atoms with Gasteiger partial charge >= 0.3 is 11.9 Å². The number of nitrogens with one attached hydrogen (secondary N) is 1. The molecule has 0 bridgehead atoms. The minimum Gasteiger partial charge on any atom is -0.468 e. The Bertz CT molecular complexity index is 1100. The van der Waals surface area contributed by atoms with Crippen molar-refractivity contribution in [1.82, 2.24) is 5.32 Å². The van der Waals surface area contributed by atoms with Gasteiger partial charge in [-0.05, 0) is 56.0 Å². The van der Waals surface area contributed by atoms with Gasteiger partial charge in [0.15, 0.2) is 0 Å². The van der Waals surface area contributed by atoms with Crippen LogP contribution in [0.25, 0.3) is 11.3 Å².